The van der Waals surface area contributed by atoms with E-state index in [1.807, 2.05) is 24.1 Å². The first-order chi connectivity index (χ1) is 19.1. The Balaban J connectivity index is 1.66. The number of aryl methyl sites for hydroxylation is 3. The highest BCUT2D eigenvalue weighted by Crippen LogP contribution is 2.40. The third-order valence-corrected chi connectivity index (χ3v) is 6.86. The molecular formula is C31H40N8O. The molecule has 0 fully saturated rings. The molecule has 0 amide bonds. The van der Waals surface area contributed by atoms with Crippen LogP contribution in [0.25, 0.3) is 28.1 Å². The molecule has 1 aliphatic carbocycles. The lowest BCUT2D eigenvalue weighted by Gasteiger charge is -2.16. The van der Waals surface area contributed by atoms with Gasteiger partial charge in [0.1, 0.15) is 5.84 Å². The lowest BCUT2D eigenvalue weighted by atomic mass is 9.91. The molecule has 1 unspecified atom stereocenters. The molecule has 0 radical (unpaired) electrons. The molecule has 0 saturated carbocycles. The summed E-state index contributed by atoms with van der Waals surface area (Å²) in [4.78, 5) is 22.2. The van der Waals surface area contributed by atoms with Crippen LogP contribution in [0.1, 0.15) is 57.4 Å². The van der Waals surface area contributed by atoms with Gasteiger partial charge in [-0.25, -0.2) is 9.97 Å². The van der Waals surface area contributed by atoms with E-state index >= 15 is 0 Å². The van der Waals surface area contributed by atoms with Crippen LogP contribution in [0, 0.1) is 5.92 Å². The maximum absolute atomic E-state index is 9.81. The van der Waals surface area contributed by atoms with Crippen LogP contribution in [-0.4, -0.2) is 62.3 Å². The van der Waals surface area contributed by atoms with Gasteiger partial charge in [-0.05, 0) is 49.3 Å². The van der Waals surface area contributed by atoms with E-state index in [1.165, 1.54) is 0 Å². The monoisotopic (exact) mass is 540 g/mol. The number of aliphatic imine (C=N–C) groups is 3. The summed E-state index contributed by atoms with van der Waals surface area (Å²) in [6, 6.07) is 8.56. The van der Waals surface area contributed by atoms with Gasteiger partial charge in [-0.3, -0.25) is 14.7 Å². The highest BCUT2D eigenvalue weighted by Gasteiger charge is 2.27. The van der Waals surface area contributed by atoms with E-state index in [1.54, 1.807) is 27.1 Å². The van der Waals surface area contributed by atoms with Gasteiger partial charge >= 0.3 is 0 Å². The predicted octanol–water partition coefficient (Wildman–Crippen LogP) is 4.99. The molecule has 0 aliphatic heterocycles. The Kier molecular flexibility index (Phi) is 9.04. The molecule has 1 aliphatic rings. The predicted molar refractivity (Wildman–Crippen MR) is 164 cm³/mol. The minimum Gasteiger partial charge on any atom is -0.389 e. The standard InChI is InChI=1S/C31H40N8O/c1-7-20(2)16-24(17-33-5)21-8-10-22(11-9-21)29-27-25(38-39(29)6)13-12-23-18-35-30(37-28(23)27)36-26(32)14-15-34-19-31(3,4)40/h8-11,15-18,20,40H,7,12-14,19H2,1-6H3,(H2,32,35,36,37)/b24-16+,33-17?,34-15?. The smallest absolute Gasteiger partial charge is 0.251 e. The van der Waals surface area contributed by atoms with E-state index in [2.05, 4.69) is 64.2 Å². The number of benzene rings is 1. The van der Waals surface area contributed by atoms with Crippen molar-refractivity contribution in [1.82, 2.24) is 19.7 Å². The molecule has 40 heavy (non-hydrogen) atoms. The molecule has 9 heteroatoms. The molecule has 9 nitrogen and oxygen atoms in total. The minimum atomic E-state index is -0.861. The zero-order chi connectivity index (χ0) is 28.9. The van der Waals surface area contributed by atoms with Crippen molar-refractivity contribution in [3.8, 4) is 22.5 Å². The first kappa shape index (κ1) is 29.0. The molecule has 0 saturated heterocycles. The first-order valence-electron chi connectivity index (χ1n) is 13.8. The summed E-state index contributed by atoms with van der Waals surface area (Å²) in [5, 5.41) is 14.7. The third-order valence-electron chi connectivity index (χ3n) is 6.86. The van der Waals surface area contributed by atoms with Gasteiger partial charge < -0.3 is 10.8 Å². The number of allylic oxidation sites excluding steroid dienone is 2. The van der Waals surface area contributed by atoms with Gasteiger partial charge in [0, 0.05) is 50.3 Å². The van der Waals surface area contributed by atoms with Crippen molar-refractivity contribution < 1.29 is 5.11 Å². The van der Waals surface area contributed by atoms with Crippen molar-refractivity contribution >= 4 is 29.8 Å². The zero-order valence-electron chi connectivity index (χ0n) is 24.4. The molecule has 2 heterocycles. The Hall–Kier alpha value is -3.98. The highest BCUT2D eigenvalue weighted by atomic mass is 16.3. The van der Waals surface area contributed by atoms with Crippen molar-refractivity contribution in [1.29, 1.82) is 0 Å². The number of rotatable bonds is 10. The summed E-state index contributed by atoms with van der Waals surface area (Å²) in [7, 11) is 3.78. The second kappa shape index (κ2) is 12.5. The van der Waals surface area contributed by atoms with E-state index in [0.717, 1.165) is 64.2 Å². The fourth-order valence-electron chi connectivity index (χ4n) is 4.66. The van der Waals surface area contributed by atoms with Crippen molar-refractivity contribution in [2.45, 2.75) is 59.0 Å². The number of fused-ring (bicyclic) bond motifs is 3. The minimum absolute atomic E-state index is 0.296. The number of hydrogen-bond acceptors (Lipinski definition) is 7. The Bertz CT molecular complexity index is 1460. The van der Waals surface area contributed by atoms with E-state index in [0.29, 0.717) is 30.7 Å². The number of hydrogen-bond donors (Lipinski definition) is 2. The average molecular weight is 541 g/mol. The van der Waals surface area contributed by atoms with E-state index < -0.39 is 5.60 Å². The molecule has 0 bridgehead atoms. The van der Waals surface area contributed by atoms with Gasteiger partial charge in [0.15, 0.2) is 0 Å². The summed E-state index contributed by atoms with van der Waals surface area (Å²) in [6.45, 7) is 8.13. The van der Waals surface area contributed by atoms with E-state index in [-0.39, 0.29) is 0 Å². The van der Waals surface area contributed by atoms with Crippen LogP contribution in [0.15, 0.2) is 51.5 Å². The lowest BCUT2D eigenvalue weighted by Crippen LogP contribution is -2.23. The Labute approximate surface area is 236 Å². The van der Waals surface area contributed by atoms with Gasteiger partial charge in [-0.15, -0.1) is 0 Å². The zero-order valence-corrected chi connectivity index (χ0v) is 24.4. The van der Waals surface area contributed by atoms with Crippen LogP contribution in [-0.2, 0) is 19.9 Å². The topological polar surface area (TPSA) is 127 Å². The Morgan fingerprint density at radius 3 is 2.65 bits per heavy atom. The maximum Gasteiger partial charge on any atom is 0.251 e. The first-order valence-corrected chi connectivity index (χ1v) is 13.8. The molecule has 2 aromatic heterocycles. The highest BCUT2D eigenvalue weighted by molar-refractivity contribution is 6.10. The van der Waals surface area contributed by atoms with Crippen LogP contribution in [0.4, 0.5) is 5.95 Å². The Morgan fingerprint density at radius 1 is 1.23 bits per heavy atom. The van der Waals surface area contributed by atoms with Crippen LogP contribution in [0.2, 0.25) is 0 Å². The summed E-state index contributed by atoms with van der Waals surface area (Å²) < 4.78 is 1.94. The number of nitrogens with zero attached hydrogens (tertiary/aromatic N) is 7. The number of amidine groups is 1. The van der Waals surface area contributed by atoms with Gasteiger partial charge in [-0.1, -0.05) is 50.6 Å². The average Bonchev–Trinajstić information content (AvgIpc) is 3.26. The molecule has 210 valence electrons. The van der Waals surface area contributed by atoms with Gasteiger partial charge in [0.25, 0.3) is 5.95 Å². The lowest BCUT2D eigenvalue weighted by molar-refractivity contribution is 0.0905. The van der Waals surface area contributed by atoms with Crippen LogP contribution in [0.5, 0.6) is 0 Å². The van der Waals surface area contributed by atoms with Crippen molar-refractivity contribution in [2.24, 2.45) is 33.7 Å². The van der Waals surface area contributed by atoms with Crippen molar-refractivity contribution in [2.75, 3.05) is 13.6 Å². The number of aromatic nitrogens is 4. The van der Waals surface area contributed by atoms with Crippen molar-refractivity contribution in [3.63, 3.8) is 0 Å². The van der Waals surface area contributed by atoms with Crippen molar-refractivity contribution in [3.05, 3.63) is 53.4 Å². The van der Waals surface area contributed by atoms with Crippen LogP contribution >= 0.6 is 0 Å². The quantitative estimate of drug-likeness (QED) is 0.277. The third kappa shape index (κ3) is 6.96. The van der Waals surface area contributed by atoms with Crippen LogP contribution < -0.4 is 5.73 Å². The van der Waals surface area contributed by atoms with Gasteiger partial charge in [0.05, 0.1) is 29.2 Å². The summed E-state index contributed by atoms with van der Waals surface area (Å²) >= 11 is 0. The summed E-state index contributed by atoms with van der Waals surface area (Å²) in [5.74, 6) is 1.14. The van der Waals surface area contributed by atoms with E-state index in [4.69, 9.17) is 15.8 Å². The second-order valence-electron chi connectivity index (χ2n) is 11.0. The SMILES string of the molecule is CCC(C)/C=C(\C=NC)c1ccc(-c2c3c(nn2C)CCc2cnc(N=C(N)CC=NCC(C)(C)O)nc2-3)cc1. The number of nitrogens with two attached hydrogens (primary N) is 1. The Morgan fingerprint density at radius 2 is 1.98 bits per heavy atom. The largest absolute Gasteiger partial charge is 0.389 e. The van der Waals surface area contributed by atoms with E-state index in [9.17, 15) is 5.11 Å². The summed E-state index contributed by atoms with van der Waals surface area (Å²) in [6.07, 6.45) is 10.8. The second-order valence-corrected chi connectivity index (χ2v) is 11.0. The maximum atomic E-state index is 9.81. The van der Waals surface area contributed by atoms with Gasteiger partial charge in [-0.2, -0.15) is 10.1 Å². The molecule has 4 rings (SSSR count). The molecule has 3 N–H and O–H groups in total. The molecule has 0 spiro atoms. The molecular weight excluding hydrogens is 500 g/mol. The summed E-state index contributed by atoms with van der Waals surface area (Å²) in [5.41, 5.74) is 13.6. The molecule has 1 aromatic carbocycles. The fraction of sp³-hybridized carbons (Fsp3) is 0.419. The normalized spacial score (nSPS) is 15.1. The number of aliphatic hydroxyl groups is 1. The molecule has 1 atom stereocenters. The van der Waals surface area contributed by atoms with Crippen LogP contribution in [0.3, 0.4) is 0 Å². The fourth-order valence-corrected chi connectivity index (χ4v) is 4.66. The van der Waals surface area contributed by atoms with Gasteiger partial charge in [0.2, 0.25) is 0 Å². The molecule has 3 aromatic rings.